The minimum Gasteiger partial charge on any atom is -0.316 e. The predicted octanol–water partition coefficient (Wildman–Crippen LogP) is 3.98. The number of nitrogens with one attached hydrogen (secondary N) is 1. The van der Waals surface area contributed by atoms with Crippen LogP contribution >= 0.6 is 0 Å². The Kier molecular flexibility index (Phi) is 3.90. The number of benzene rings is 1. The minimum atomic E-state index is -4.26. The summed E-state index contributed by atoms with van der Waals surface area (Å²) >= 11 is 0. The lowest BCUT2D eigenvalue weighted by Crippen LogP contribution is -2.22. The second-order valence-corrected chi connectivity index (χ2v) is 5.57. The molecule has 0 amide bonds. The molecule has 1 saturated carbocycles. The molecule has 2 rings (SSSR count). The second-order valence-electron chi connectivity index (χ2n) is 5.57. The fraction of sp³-hybridized carbons (Fsp3) is 0.600. The molecule has 2 atom stereocenters. The number of rotatable bonds is 5. The highest BCUT2D eigenvalue weighted by molar-refractivity contribution is 5.41. The molecule has 1 nitrogen and oxygen atoms in total. The molecule has 1 N–H and O–H groups in total. The van der Waals surface area contributed by atoms with Crippen molar-refractivity contribution < 1.29 is 13.2 Å². The third-order valence-electron chi connectivity index (χ3n) is 4.08. The lowest BCUT2D eigenvalue weighted by atomic mass is 9.90. The van der Waals surface area contributed by atoms with E-state index in [2.05, 4.69) is 12.2 Å². The molecule has 1 aliphatic rings. The van der Waals surface area contributed by atoms with E-state index >= 15 is 0 Å². The Morgan fingerprint density at radius 2 is 2.00 bits per heavy atom. The Balaban J connectivity index is 2.15. The fourth-order valence-electron chi connectivity index (χ4n) is 2.76. The Morgan fingerprint density at radius 1 is 1.32 bits per heavy atom. The van der Waals surface area contributed by atoms with Gasteiger partial charge in [0.2, 0.25) is 0 Å². The van der Waals surface area contributed by atoms with Gasteiger partial charge in [-0.1, -0.05) is 32.0 Å². The van der Waals surface area contributed by atoms with Gasteiger partial charge < -0.3 is 5.32 Å². The summed E-state index contributed by atoms with van der Waals surface area (Å²) in [4.78, 5) is 0. The van der Waals surface area contributed by atoms with Crippen molar-refractivity contribution in [2.75, 3.05) is 13.1 Å². The van der Waals surface area contributed by atoms with Crippen LogP contribution in [0.15, 0.2) is 24.3 Å². The summed E-state index contributed by atoms with van der Waals surface area (Å²) in [6.07, 6.45) is -2.39. The summed E-state index contributed by atoms with van der Waals surface area (Å²) in [5.41, 5.74) is -0.353. The summed E-state index contributed by atoms with van der Waals surface area (Å²) in [6.45, 7) is 5.75. The number of alkyl halides is 3. The van der Waals surface area contributed by atoms with Crippen molar-refractivity contribution >= 4 is 0 Å². The number of halogens is 3. The molecule has 0 spiro atoms. The molecule has 1 aliphatic carbocycles. The first-order valence-corrected chi connectivity index (χ1v) is 6.77. The quantitative estimate of drug-likeness (QED) is 0.799. The monoisotopic (exact) mass is 271 g/mol. The van der Waals surface area contributed by atoms with Gasteiger partial charge in [0.15, 0.2) is 0 Å². The van der Waals surface area contributed by atoms with Gasteiger partial charge in [-0.05, 0) is 48.9 Å². The fourth-order valence-corrected chi connectivity index (χ4v) is 2.76. The van der Waals surface area contributed by atoms with Gasteiger partial charge in [-0.2, -0.15) is 13.2 Å². The van der Waals surface area contributed by atoms with Crippen molar-refractivity contribution in [3.63, 3.8) is 0 Å². The van der Waals surface area contributed by atoms with Gasteiger partial charge in [-0.15, -0.1) is 0 Å². The Hall–Kier alpha value is -1.03. The van der Waals surface area contributed by atoms with E-state index in [0.717, 1.165) is 25.9 Å². The molecule has 2 unspecified atom stereocenters. The van der Waals surface area contributed by atoms with Crippen LogP contribution in [0.25, 0.3) is 0 Å². The topological polar surface area (TPSA) is 12.0 Å². The van der Waals surface area contributed by atoms with Gasteiger partial charge in [0, 0.05) is 0 Å². The van der Waals surface area contributed by atoms with E-state index in [9.17, 15) is 13.2 Å². The first-order chi connectivity index (χ1) is 8.89. The number of hydrogen-bond acceptors (Lipinski definition) is 1. The highest BCUT2D eigenvalue weighted by atomic mass is 19.4. The maximum absolute atomic E-state index is 13.0. The van der Waals surface area contributed by atoms with Crippen LogP contribution in [0, 0.1) is 5.92 Å². The summed E-state index contributed by atoms with van der Waals surface area (Å²) < 4.78 is 39.1. The largest absolute Gasteiger partial charge is 0.416 e. The maximum Gasteiger partial charge on any atom is 0.416 e. The van der Waals surface area contributed by atoms with E-state index in [-0.39, 0.29) is 5.41 Å². The molecular weight excluding hydrogens is 251 g/mol. The van der Waals surface area contributed by atoms with Crippen LogP contribution < -0.4 is 5.32 Å². The molecular formula is C15H20F3N. The normalized spacial score (nSPS) is 26.5. The van der Waals surface area contributed by atoms with Crippen molar-refractivity contribution in [1.82, 2.24) is 5.32 Å². The van der Waals surface area contributed by atoms with E-state index in [0.29, 0.717) is 11.5 Å². The van der Waals surface area contributed by atoms with Crippen LogP contribution in [0.5, 0.6) is 0 Å². The third-order valence-corrected chi connectivity index (χ3v) is 4.08. The van der Waals surface area contributed by atoms with E-state index in [1.807, 2.05) is 6.92 Å². The molecule has 4 heteroatoms. The minimum absolute atomic E-state index is 0.308. The van der Waals surface area contributed by atoms with Gasteiger partial charge in [0.25, 0.3) is 0 Å². The van der Waals surface area contributed by atoms with Crippen LogP contribution in [0.2, 0.25) is 0 Å². The van der Waals surface area contributed by atoms with Crippen molar-refractivity contribution in [1.29, 1.82) is 0 Å². The van der Waals surface area contributed by atoms with Crippen molar-refractivity contribution in [3.8, 4) is 0 Å². The Bertz CT molecular complexity index is 441. The first kappa shape index (κ1) is 14.4. The van der Waals surface area contributed by atoms with Crippen LogP contribution in [0.3, 0.4) is 0 Å². The summed E-state index contributed by atoms with van der Waals surface area (Å²) in [6, 6.07) is 5.98. The maximum atomic E-state index is 13.0. The Morgan fingerprint density at radius 3 is 2.63 bits per heavy atom. The third kappa shape index (κ3) is 2.94. The van der Waals surface area contributed by atoms with Crippen LogP contribution in [0.1, 0.15) is 37.8 Å². The van der Waals surface area contributed by atoms with E-state index < -0.39 is 11.7 Å². The molecule has 106 valence electrons. The lowest BCUT2D eigenvalue weighted by molar-refractivity contribution is -0.138. The van der Waals surface area contributed by atoms with E-state index in [4.69, 9.17) is 0 Å². The Labute approximate surface area is 112 Å². The molecule has 0 heterocycles. The van der Waals surface area contributed by atoms with Gasteiger partial charge in [-0.25, -0.2) is 0 Å². The molecule has 0 aliphatic heterocycles. The zero-order valence-corrected chi connectivity index (χ0v) is 11.3. The van der Waals surface area contributed by atoms with Gasteiger partial charge in [0.05, 0.1) is 5.56 Å². The zero-order chi connectivity index (χ0) is 14.1. The first-order valence-electron chi connectivity index (χ1n) is 6.77. The van der Waals surface area contributed by atoms with Crippen LogP contribution in [0.4, 0.5) is 13.2 Å². The van der Waals surface area contributed by atoms with Crippen molar-refractivity contribution in [3.05, 3.63) is 35.4 Å². The predicted molar refractivity (Wildman–Crippen MR) is 70.1 cm³/mol. The lowest BCUT2D eigenvalue weighted by Gasteiger charge is -2.19. The molecule has 1 fully saturated rings. The molecule has 19 heavy (non-hydrogen) atoms. The molecule has 0 radical (unpaired) electrons. The molecule has 1 aromatic rings. The summed E-state index contributed by atoms with van der Waals surface area (Å²) in [5.74, 6) is 0.308. The van der Waals surface area contributed by atoms with Gasteiger partial charge in [-0.3, -0.25) is 0 Å². The van der Waals surface area contributed by atoms with E-state index in [1.165, 1.54) is 12.1 Å². The van der Waals surface area contributed by atoms with Gasteiger partial charge >= 0.3 is 6.18 Å². The average Bonchev–Trinajstić information content (AvgIpc) is 3.01. The number of hydrogen-bond donors (Lipinski definition) is 1. The molecule has 0 saturated heterocycles. The SMILES string of the molecule is CCCNCC1CC1(C)c1ccccc1C(F)(F)F. The zero-order valence-electron chi connectivity index (χ0n) is 11.3. The van der Waals surface area contributed by atoms with Gasteiger partial charge in [0.1, 0.15) is 0 Å². The summed E-state index contributed by atoms with van der Waals surface area (Å²) in [5, 5.41) is 3.30. The van der Waals surface area contributed by atoms with E-state index in [1.54, 1.807) is 12.1 Å². The van der Waals surface area contributed by atoms with Crippen molar-refractivity contribution in [2.45, 2.75) is 38.3 Å². The standard InChI is InChI=1S/C15H20F3N/c1-3-8-19-10-11-9-14(11,2)12-6-4-5-7-13(12)15(16,17)18/h4-7,11,19H,3,8-10H2,1-2H3. The van der Waals surface area contributed by atoms with Crippen molar-refractivity contribution in [2.24, 2.45) is 5.92 Å². The highest BCUT2D eigenvalue weighted by Gasteiger charge is 2.53. The molecule has 0 bridgehead atoms. The van der Waals surface area contributed by atoms with Crippen LogP contribution in [-0.4, -0.2) is 13.1 Å². The second kappa shape index (κ2) is 5.16. The smallest absolute Gasteiger partial charge is 0.316 e. The molecule has 1 aromatic carbocycles. The summed E-state index contributed by atoms with van der Waals surface area (Å²) in [7, 11) is 0. The molecule has 0 aromatic heterocycles. The highest BCUT2D eigenvalue weighted by Crippen LogP contribution is 2.56. The van der Waals surface area contributed by atoms with Crippen LogP contribution in [-0.2, 0) is 11.6 Å². The average molecular weight is 271 g/mol.